The van der Waals surface area contributed by atoms with Crippen LogP contribution in [-0.2, 0) is 16.1 Å². The second-order valence-corrected chi connectivity index (χ2v) is 6.16. The molecule has 1 heterocycles. The van der Waals surface area contributed by atoms with Crippen molar-refractivity contribution >= 4 is 22.8 Å². The lowest BCUT2D eigenvalue weighted by molar-refractivity contribution is -0.147. The van der Waals surface area contributed by atoms with Gasteiger partial charge >= 0.3 is 11.7 Å². The summed E-state index contributed by atoms with van der Waals surface area (Å²) < 4.78 is 0.819. The second kappa shape index (κ2) is 6.69. The van der Waals surface area contributed by atoms with E-state index in [9.17, 15) is 19.2 Å². The summed E-state index contributed by atoms with van der Waals surface area (Å²) in [7, 11) is 0. The monoisotopic (exact) mass is 333 g/mol. The molecule has 0 aliphatic carbocycles. The van der Waals surface area contributed by atoms with Crippen LogP contribution in [0.5, 0.6) is 0 Å². The van der Waals surface area contributed by atoms with Crippen LogP contribution in [0.2, 0.25) is 0 Å². The van der Waals surface area contributed by atoms with Crippen molar-refractivity contribution in [3.8, 4) is 0 Å². The Morgan fingerprint density at radius 2 is 1.92 bits per heavy atom. The maximum Gasteiger partial charge on any atom is 0.329 e. The number of fused-ring (bicyclic) bond motifs is 1. The predicted octanol–water partition coefficient (Wildman–Crippen LogP) is 0.307. The molecule has 2 rings (SSSR count). The molecule has 0 bridgehead atoms. The molecule has 128 valence electrons. The lowest BCUT2D eigenvalue weighted by Crippen LogP contribution is -2.41. The fourth-order valence-electron chi connectivity index (χ4n) is 2.16. The third-order valence-corrected chi connectivity index (χ3v) is 3.84. The molecule has 8 nitrogen and oxygen atoms in total. The molecule has 2 aromatic rings. The number of hydrogen-bond acceptors (Lipinski definition) is 4. The van der Waals surface area contributed by atoms with Crippen LogP contribution in [0.1, 0.15) is 20.3 Å². The highest BCUT2D eigenvalue weighted by Crippen LogP contribution is 2.19. The Labute approximate surface area is 137 Å². The number of para-hydroxylation sites is 1. The highest BCUT2D eigenvalue weighted by atomic mass is 16.4. The molecule has 0 saturated carbocycles. The van der Waals surface area contributed by atoms with Crippen molar-refractivity contribution in [1.82, 2.24) is 14.9 Å². The zero-order valence-electron chi connectivity index (χ0n) is 13.5. The lowest BCUT2D eigenvalue weighted by atomic mass is 9.90. The molecule has 1 aromatic carbocycles. The van der Waals surface area contributed by atoms with Crippen LogP contribution in [0, 0.1) is 5.41 Å². The van der Waals surface area contributed by atoms with Gasteiger partial charge in [0.15, 0.2) is 0 Å². The molecule has 1 amide bonds. The summed E-state index contributed by atoms with van der Waals surface area (Å²) in [5.74, 6) is -1.49. The number of H-pyrrole nitrogens is 1. The van der Waals surface area contributed by atoms with Crippen LogP contribution < -0.4 is 16.6 Å². The Balaban J connectivity index is 2.10. The van der Waals surface area contributed by atoms with Gasteiger partial charge in [-0.2, -0.15) is 0 Å². The molecule has 0 radical (unpaired) electrons. The summed E-state index contributed by atoms with van der Waals surface area (Å²) in [5.41, 5.74) is -1.77. The van der Waals surface area contributed by atoms with E-state index in [1.54, 1.807) is 38.1 Å². The Hall–Kier alpha value is -2.90. The van der Waals surface area contributed by atoms with Crippen molar-refractivity contribution in [2.45, 2.75) is 26.8 Å². The van der Waals surface area contributed by atoms with Gasteiger partial charge in [0, 0.05) is 6.54 Å². The SMILES string of the molecule is CC(C)(CCNC(=O)Cn1c(=O)[nH]c2ccccc2c1=O)C(=O)O. The third-order valence-electron chi connectivity index (χ3n) is 3.84. The fraction of sp³-hybridized carbons (Fsp3) is 0.375. The van der Waals surface area contributed by atoms with Gasteiger partial charge in [-0.15, -0.1) is 0 Å². The molecular weight excluding hydrogens is 314 g/mol. The summed E-state index contributed by atoms with van der Waals surface area (Å²) in [6, 6.07) is 6.54. The molecule has 8 heteroatoms. The summed E-state index contributed by atoms with van der Waals surface area (Å²) in [6.07, 6.45) is 0.233. The minimum atomic E-state index is -0.968. The highest BCUT2D eigenvalue weighted by molar-refractivity contribution is 5.79. The Morgan fingerprint density at radius 1 is 1.25 bits per heavy atom. The van der Waals surface area contributed by atoms with E-state index in [2.05, 4.69) is 10.3 Å². The fourth-order valence-corrected chi connectivity index (χ4v) is 2.16. The van der Waals surface area contributed by atoms with Crippen molar-refractivity contribution in [2.75, 3.05) is 6.54 Å². The van der Waals surface area contributed by atoms with E-state index in [1.807, 2.05) is 0 Å². The van der Waals surface area contributed by atoms with Gasteiger partial charge in [0.2, 0.25) is 5.91 Å². The molecule has 0 spiro atoms. The van der Waals surface area contributed by atoms with E-state index in [1.165, 1.54) is 0 Å². The largest absolute Gasteiger partial charge is 0.481 e. The van der Waals surface area contributed by atoms with Crippen molar-refractivity contribution in [3.63, 3.8) is 0 Å². The van der Waals surface area contributed by atoms with Gasteiger partial charge in [-0.25, -0.2) is 4.79 Å². The van der Waals surface area contributed by atoms with Crippen LogP contribution >= 0.6 is 0 Å². The van der Waals surface area contributed by atoms with Gasteiger partial charge in [0.1, 0.15) is 6.54 Å². The van der Waals surface area contributed by atoms with Gasteiger partial charge in [0.25, 0.3) is 5.56 Å². The van der Waals surface area contributed by atoms with Crippen LogP contribution in [0.15, 0.2) is 33.9 Å². The smallest absolute Gasteiger partial charge is 0.329 e. The first-order chi connectivity index (χ1) is 11.2. The third kappa shape index (κ3) is 3.70. The van der Waals surface area contributed by atoms with Gasteiger partial charge in [-0.3, -0.25) is 19.0 Å². The van der Waals surface area contributed by atoms with Gasteiger partial charge in [-0.05, 0) is 32.4 Å². The predicted molar refractivity (Wildman–Crippen MR) is 87.9 cm³/mol. The molecule has 0 aliphatic heterocycles. The number of hydrogen-bond donors (Lipinski definition) is 3. The van der Waals surface area contributed by atoms with E-state index < -0.39 is 35.1 Å². The number of carboxylic acids is 1. The average molecular weight is 333 g/mol. The Bertz CT molecular complexity index is 894. The van der Waals surface area contributed by atoms with Crippen LogP contribution in [-0.4, -0.2) is 33.1 Å². The minimum Gasteiger partial charge on any atom is -0.481 e. The number of aliphatic carboxylic acids is 1. The highest BCUT2D eigenvalue weighted by Gasteiger charge is 2.26. The molecule has 1 aromatic heterocycles. The van der Waals surface area contributed by atoms with E-state index >= 15 is 0 Å². The van der Waals surface area contributed by atoms with E-state index in [-0.39, 0.29) is 13.0 Å². The van der Waals surface area contributed by atoms with Crippen molar-refractivity contribution in [1.29, 1.82) is 0 Å². The van der Waals surface area contributed by atoms with E-state index in [4.69, 9.17) is 5.11 Å². The number of aromatic amines is 1. The maximum atomic E-state index is 12.3. The number of benzene rings is 1. The first kappa shape index (κ1) is 17.5. The molecular formula is C16H19N3O5. The summed E-state index contributed by atoms with van der Waals surface area (Å²) in [6.45, 7) is 2.82. The number of amides is 1. The van der Waals surface area contributed by atoms with E-state index in [0.29, 0.717) is 10.9 Å². The Morgan fingerprint density at radius 3 is 2.58 bits per heavy atom. The van der Waals surface area contributed by atoms with Crippen molar-refractivity contribution in [3.05, 3.63) is 45.1 Å². The van der Waals surface area contributed by atoms with E-state index in [0.717, 1.165) is 4.57 Å². The van der Waals surface area contributed by atoms with Crippen LogP contribution in [0.4, 0.5) is 0 Å². The molecule has 0 saturated heterocycles. The number of nitrogens with zero attached hydrogens (tertiary/aromatic N) is 1. The Kier molecular flexibility index (Phi) is 4.87. The molecule has 0 fully saturated rings. The van der Waals surface area contributed by atoms with Crippen LogP contribution in [0.25, 0.3) is 10.9 Å². The van der Waals surface area contributed by atoms with Gasteiger partial charge in [-0.1, -0.05) is 12.1 Å². The number of rotatable bonds is 6. The first-order valence-corrected chi connectivity index (χ1v) is 7.44. The normalized spacial score (nSPS) is 11.4. The zero-order chi connectivity index (χ0) is 17.9. The topological polar surface area (TPSA) is 121 Å². The number of carbonyl (C=O) groups is 2. The van der Waals surface area contributed by atoms with Gasteiger partial charge in [0.05, 0.1) is 16.3 Å². The molecule has 3 N–H and O–H groups in total. The maximum absolute atomic E-state index is 12.3. The quantitative estimate of drug-likeness (QED) is 0.702. The first-order valence-electron chi connectivity index (χ1n) is 7.44. The number of aromatic nitrogens is 2. The minimum absolute atomic E-state index is 0.137. The second-order valence-electron chi connectivity index (χ2n) is 6.16. The summed E-state index contributed by atoms with van der Waals surface area (Å²) in [4.78, 5) is 49.7. The molecule has 0 aliphatic rings. The molecule has 24 heavy (non-hydrogen) atoms. The molecule has 0 unspecified atom stereocenters. The van der Waals surface area contributed by atoms with Crippen molar-refractivity contribution < 1.29 is 14.7 Å². The molecule has 0 atom stereocenters. The zero-order valence-corrected chi connectivity index (χ0v) is 13.5. The standard InChI is InChI=1S/C16H19N3O5/c1-16(2,14(22)23)7-8-17-12(20)9-19-13(21)10-5-3-4-6-11(10)18-15(19)24/h3-6H,7-9H2,1-2H3,(H,17,20)(H,18,24)(H,22,23). The van der Waals surface area contributed by atoms with Crippen LogP contribution in [0.3, 0.4) is 0 Å². The van der Waals surface area contributed by atoms with Gasteiger partial charge < -0.3 is 15.4 Å². The average Bonchev–Trinajstić information content (AvgIpc) is 2.51. The number of carboxylic acid groups (broad SMARTS) is 1. The number of carbonyl (C=O) groups excluding carboxylic acids is 1. The summed E-state index contributed by atoms with van der Waals surface area (Å²) in [5, 5.41) is 11.9. The lowest BCUT2D eigenvalue weighted by Gasteiger charge is -2.18. The number of nitrogens with one attached hydrogen (secondary N) is 2. The summed E-state index contributed by atoms with van der Waals surface area (Å²) >= 11 is 0. The van der Waals surface area contributed by atoms with Crippen molar-refractivity contribution in [2.24, 2.45) is 5.41 Å².